The molecule has 8 heteroatoms. The molecule has 25 heavy (non-hydrogen) atoms. The molecule has 0 saturated carbocycles. The highest BCUT2D eigenvalue weighted by Crippen LogP contribution is 2.28. The Bertz CT molecular complexity index is 881. The van der Waals surface area contributed by atoms with Gasteiger partial charge in [0.15, 0.2) is 0 Å². The zero-order valence-corrected chi connectivity index (χ0v) is 16.1. The fourth-order valence-electron chi connectivity index (χ4n) is 2.23. The van der Waals surface area contributed by atoms with Crippen molar-refractivity contribution >= 4 is 39.3 Å². The summed E-state index contributed by atoms with van der Waals surface area (Å²) >= 11 is 5.06. The highest BCUT2D eigenvalue weighted by atomic mass is 79.9. The summed E-state index contributed by atoms with van der Waals surface area (Å²) in [6.45, 7) is 4.09. The Morgan fingerprint density at radius 1 is 1.20 bits per heavy atom. The van der Waals surface area contributed by atoms with Crippen LogP contribution in [0.5, 0.6) is 0 Å². The second kappa shape index (κ2) is 7.79. The second-order valence-corrected chi connectivity index (χ2v) is 7.38. The van der Waals surface area contributed by atoms with Crippen molar-refractivity contribution in [2.24, 2.45) is 0 Å². The molecule has 128 valence electrons. The molecular formula is C17H16BrN5OS. The van der Waals surface area contributed by atoms with Gasteiger partial charge in [-0.15, -0.1) is 16.9 Å². The van der Waals surface area contributed by atoms with Crippen molar-refractivity contribution in [1.29, 1.82) is 0 Å². The molecule has 0 aliphatic rings. The fourth-order valence-corrected chi connectivity index (χ4v) is 3.59. The van der Waals surface area contributed by atoms with Crippen LogP contribution in [-0.2, 0) is 4.79 Å². The standard InChI is InChI=1S/C17H16BrN5OS/c1-11-8-16(12(2)7-15(11)18)25-9-17(24)20-13-3-5-14(6-4-13)23-10-19-21-22-23/h3-8,10H,9H2,1-2H3,(H,20,24). The molecule has 0 atom stereocenters. The monoisotopic (exact) mass is 417 g/mol. The van der Waals surface area contributed by atoms with Crippen LogP contribution in [0.1, 0.15) is 11.1 Å². The van der Waals surface area contributed by atoms with Crippen molar-refractivity contribution < 1.29 is 4.79 Å². The number of aromatic nitrogens is 4. The van der Waals surface area contributed by atoms with E-state index in [4.69, 9.17) is 0 Å². The molecule has 0 aliphatic carbocycles. The number of nitrogens with one attached hydrogen (secondary N) is 1. The number of aryl methyl sites for hydroxylation is 2. The molecule has 0 fully saturated rings. The predicted octanol–water partition coefficient (Wildman–Crippen LogP) is 3.77. The van der Waals surface area contributed by atoms with Crippen molar-refractivity contribution in [3.63, 3.8) is 0 Å². The van der Waals surface area contributed by atoms with E-state index in [2.05, 4.69) is 48.9 Å². The Kier molecular flexibility index (Phi) is 5.50. The maximum absolute atomic E-state index is 12.2. The first kappa shape index (κ1) is 17.6. The molecular weight excluding hydrogens is 402 g/mol. The summed E-state index contributed by atoms with van der Waals surface area (Å²) in [5, 5.41) is 13.9. The zero-order valence-electron chi connectivity index (χ0n) is 13.7. The van der Waals surface area contributed by atoms with Gasteiger partial charge in [0.25, 0.3) is 0 Å². The lowest BCUT2D eigenvalue weighted by molar-refractivity contribution is -0.113. The van der Waals surface area contributed by atoms with Gasteiger partial charge in [-0.05, 0) is 71.8 Å². The van der Waals surface area contributed by atoms with Gasteiger partial charge in [0.05, 0.1) is 11.4 Å². The van der Waals surface area contributed by atoms with E-state index in [-0.39, 0.29) is 5.91 Å². The smallest absolute Gasteiger partial charge is 0.234 e. The summed E-state index contributed by atoms with van der Waals surface area (Å²) < 4.78 is 2.64. The van der Waals surface area contributed by atoms with Gasteiger partial charge in [0, 0.05) is 15.1 Å². The Morgan fingerprint density at radius 2 is 1.96 bits per heavy atom. The minimum absolute atomic E-state index is 0.0415. The van der Waals surface area contributed by atoms with Crippen LogP contribution in [0.15, 0.2) is 52.1 Å². The number of halogens is 1. The Balaban J connectivity index is 1.58. The van der Waals surface area contributed by atoms with Gasteiger partial charge in [-0.3, -0.25) is 4.79 Å². The van der Waals surface area contributed by atoms with Gasteiger partial charge < -0.3 is 5.32 Å². The highest BCUT2D eigenvalue weighted by Gasteiger charge is 2.08. The van der Waals surface area contributed by atoms with Crippen molar-refractivity contribution in [2.75, 3.05) is 11.1 Å². The maximum Gasteiger partial charge on any atom is 0.234 e. The minimum atomic E-state index is -0.0415. The van der Waals surface area contributed by atoms with E-state index in [0.29, 0.717) is 5.75 Å². The first-order chi connectivity index (χ1) is 12.0. The molecule has 0 unspecified atom stereocenters. The number of amides is 1. The quantitative estimate of drug-likeness (QED) is 0.639. The number of rotatable bonds is 5. The molecule has 6 nitrogen and oxygen atoms in total. The van der Waals surface area contributed by atoms with E-state index in [1.807, 2.05) is 38.1 Å². The molecule has 3 rings (SSSR count). The van der Waals surface area contributed by atoms with Crippen LogP contribution in [0.25, 0.3) is 5.69 Å². The fraction of sp³-hybridized carbons (Fsp3) is 0.176. The molecule has 1 amide bonds. The second-order valence-electron chi connectivity index (χ2n) is 5.51. The van der Waals surface area contributed by atoms with Crippen LogP contribution < -0.4 is 5.32 Å². The van der Waals surface area contributed by atoms with E-state index in [1.165, 1.54) is 18.1 Å². The lowest BCUT2D eigenvalue weighted by Gasteiger charge is -2.09. The summed E-state index contributed by atoms with van der Waals surface area (Å²) in [6, 6.07) is 11.5. The summed E-state index contributed by atoms with van der Waals surface area (Å²) in [7, 11) is 0. The molecule has 1 aromatic heterocycles. The van der Waals surface area contributed by atoms with Crippen LogP contribution in [0.3, 0.4) is 0 Å². The van der Waals surface area contributed by atoms with E-state index < -0.39 is 0 Å². The number of thioether (sulfide) groups is 1. The number of carbonyl (C=O) groups is 1. The number of nitrogens with zero attached hydrogens (tertiary/aromatic N) is 4. The van der Waals surface area contributed by atoms with E-state index in [0.717, 1.165) is 31.9 Å². The highest BCUT2D eigenvalue weighted by molar-refractivity contribution is 9.10. The molecule has 1 heterocycles. The molecule has 0 spiro atoms. The van der Waals surface area contributed by atoms with Crippen LogP contribution in [-0.4, -0.2) is 31.9 Å². The number of benzene rings is 2. The average Bonchev–Trinajstić information content (AvgIpc) is 3.12. The van der Waals surface area contributed by atoms with E-state index in [9.17, 15) is 4.79 Å². The minimum Gasteiger partial charge on any atom is -0.325 e. The summed E-state index contributed by atoms with van der Waals surface area (Å²) in [5.41, 5.74) is 3.89. The molecule has 1 N–H and O–H groups in total. The normalized spacial score (nSPS) is 10.7. The Morgan fingerprint density at radius 3 is 2.64 bits per heavy atom. The van der Waals surface area contributed by atoms with Crippen LogP contribution in [0.4, 0.5) is 5.69 Å². The van der Waals surface area contributed by atoms with Crippen molar-refractivity contribution in [1.82, 2.24) is 20.2 Å². The lowest BCUT2D eigenvalue weighted by Crippen LogP contribution is -2.14. The van der Waals surface area contributed by atoms with Crippen molar-refractivity contribution in [3.05, 3.63) is 58.3 Å². The maximum atomic E-state index is 12.2. The Hall–Kier alpha value is -2.19. The third-order valence-corrected chi connectivity index (χ3v) is 5.59. The number of hydrogen-bond acceptors (Lipinski definition) is 5. The molecule has 0 radical (unpaired) electrons. The molecule has 0 aliphatic heterocycles. The lowest BCUT2D eigenvalue weighted by atomic mass is 10.2. The van der Waals surface area contributed by atoms with Gasteiger partial charge in [-0.1, -0.05) is 15.9 Å². The average molecular weight is 418 g/mol. The third kappa shape index (κ3) is 4.46. The third-order valence-electron chi connectivity index (χ3n) is 3.58. The molecule has 0 saturated heterocycles. The van der Waals surface area contributed by atoms with Crippen molar-refractivity contribution in [2.45, 2.75) is 18.7 Å². The number of hydrogen-bond donors (Lipinski definition) is 1. The largest absolute Gasteiger partial charge is 0.325 e. The summed E-state index contributed by atoms with van der Waals surface area (Å²) in [5.74, 6) is 0.316. The van der Waals surface area contributed by atoms with E-state index >= 15 is 0 Å². The summed E-state index contributed by atoms with van der Waals surface area (Å²) in [4.78, 5) is 13.3. The SMILES string of the molecule is Cc1cc(SCC(=O)Nc2ccc(-n3cnnn3)cc2)c(C)cc1Br. The van der Waals surface area contributed by atoms with Crippen LogP contribution in [0.2, 0.25) is 0 Å². The van der Waals surface area contributed by atoms with Gasteiger partial charge in [-0.25, -0.2) is 4.68 Å². The number of carbonyl (C=O) groups excluding carboxylic acids is 1. The van der Waals surface area contributed by atoms with Crippen molar-refractivity contribution in [3.8, 4) is 5.69 Å². The van der Waals surface area contributed by atoms with Gasteiger partial charge in [0.1, 0.15) is 6.33 Å². The van der Waals surface area contributed by atoms with Crippen LogP contribution >= 0.6 is 27.7 Å². The van der Waals surface area contributed by atoms with Gasteiger partial charge >= 0.3 is 0 Å². The molecule has 3 aromatic rings. The summed E-state index contributed by atoms with van der Waals surface area (Å²) in [6.07, 6.45) is 1.52. The number of anilines is 1. The zero-order chi connectivity index (χ0) is 17.8. The molecule has 2 aromatic carbocycles. The first-order valence-electron chi connectivity index (χ1n) is 7.56. The van der Waals surface area contributed by atoms with Crippen LogP contribution in [0, 0.1) is 13.8 Å². The number of tetrazole rings is 1. The Labute approximate surface area is 158 Å². The van der Waals surface area contributed by atoms with Gasteiger partial charge in [0.2, 0.25) is 5.91 Å². The topological polar surface area (TPSA) is 72.7 Å². The van der Waals surface area contributed by atoms with E-state index in [1.54, 1.807) is 4.68 Å². The predicted molar refractivity (Wildman–Crippen MR) is 102 cm³/mol. The molecule has 0 bridgehead atoms. The first-order valence-corrected chi connectivity index (χ1v) is 9.33. The van der Waals surface area contributed by atoms with Gasteiger partial charge in [-0.2, -0.15) is 0 Å².